The molecule has 0 atom stereocenters. The Morgan fingerprint density at radius 3 is 2.46 bits per heavy atom. The van der Waals surface area contributed by atoms with Crippen molar-refractivity contribution in [3.8, 4) is 11.5 Å². The fourth-order valence-electron chi connectivity index (χ4n) is 2.96. The Morgan fingerprint density at radius 1 is 1.00 bits per heavy atom. The molecule has 3 rings (SSSR count). The van der Waals surface area contributed by atoms with Crippen LogP contribution in [0.5, 0.6) is 11.5 Å². The molecule has 0 bridgehead atoms. The monoisotopic (exact) mass is 328 g/mol. The van der Waals surface area contributed by atoms with E-state index in [1.54, 1.807) is 6.07 Å². The predicted octanol–water partition coefficient (Wildman–Crippen LogP) is 4.89. The highest BCUT2D eigenvalue weighted by Gasteiger charge is 2.23. The Balaban J connectivity index is 1.63. The summed E-state index contributed by atoms with van der Waals surface area (Å²) in [5.74, 6) is -0.268. The molecule has 0 aromatic heterocycles. The van der Waals surface area contributed by atoms with Gasteiger partial charge in [-0.2, -0.15) is 0 Å². The fraction of sp³-hybridized carbons (Fsp3) is 0.350. The van der Waals surface area contributed by atoms with E-state index in [1.807, 2.05) is 30.3 Å². The number of carbonyl (C=O) groups is 1. The lowest BCUT2D eigenvalue weighted by Gasteiger charge is -2.20. The molecule has 4 heteroatoms. The van der Waals surface area contributed by atoms with Crippen LogP contribution in [0.15, 0.2) is 48.5 Å². The number of benzene rings is 2. The molecule has 24 heavy (non-hydrogen) atoms. The molecule has 0 saturated heterocycles. The molecule has 1 saturated carbocycles. The van der Waals surface area contributed by atoms with Crippen LogP contribution in [-0.2, 0) is 11.4 Å². The Morgan fingerprint density at radius 2 is 1.71 bits per heavy atom. The summed E-state index contributed by atoms with van der Waals surface area (Å²) in [6, 6.07) is 13.7. The first-order chi connectivity index (χ1) is 11.7. The van der Waals surface area contributed by atoms with Crippen molar-refractivity contribution in [2.45, 2.75) is 38.7 Å². The number of carbonyl (C=O) groups excluding carboxylic acids is 1. The lowest BCUT2D eigenvalue weighted by molar-refractivity contribution is -0.140. The topological polar surface area (TPSA) is 35.5 Å². The minimum Gasteiger partial charge on any atom is -0.489 e. The highest BCUT2D eigenvalue weighted by atomic mass is 19.1. The second-order valence-corrected chi connectivity index (χ2v) is 6.15. The third-order valence-electron chi connectivity index (χ3n) is 4.25. The second kappa shape index (κ2) is 7.95. The number of rotatable bonds is 5. The molecule has 0 amide bonds. The Bertz CT molecular complexity index is 679. The number of hydrogen-bond donors (Lipinski definition) is 0. The highest BCUT2D eigenvalue weighted by Crippen LogP contribution is 2.28. The van der Waals surface area contributed by atoms with E-state index >= 15 is 0 Å². The van der Waals surface area contributed by atoms with Crippen LogP contribution in [0.25, 0.3) is 0 Å². The zero-order valence-electron chi connectivity index (χ0n) is 13.5. The van der Waals surface area contributed by atoms with Gasteiger partial charge in [-0.1, -0.05) is 49.6 Å². The van der Waals surface area contributed by atoms with Gasteiger partial charge in [0.1, 0.15) is 23.9 Å². The molecule has 3 nitrogen and oxygen atoms in total. The summed E-state index contributed by atoms with van der Waals surface area (Å²) in [6.07, 6.45) is 4.97. The van der Waals surface area contributed by atoms with Gasteiger partial charge in [-0.3, -0.25) is 4.79 Å². The molecule has 1 aliphatic rings. The summed E-state index contributed by atoms with van der Waals surface area (Å²) in [6.45, 7) is 0.334. The van der Waals surface area contributed by atoms with E-state index in [9.17, 15) is 9.18 Å². The van der Waals surface area contributed by atoms with Gasteiger partial charge in [0.2, 0.25) is 0 Å². The number of ether oxygens (including phenoxy) is 2. The first-order valence-electron chi connectivity index (χ1n) is 8.40. The largest absolute Gasteiger partial charge is 0.489 e. The molecule has 0 heterocycles. The molecule has 0 unspecified atom stereocenters. The molecule has 0 N–H and O–H groups in total. The van der Waals surface area contributed by atoms with Gasteiger partial charge < -0.3 is 9.47 Å². The first kappa shape index (κ1) is 16.5. The first-order valence-corrected chi connectivity index (χ1v) is 8.40. The Kier molecular flexibility index (Phi) is 5.47. The van der Waals surface area contributed by atoms with Gasteiger partial charge in [0.05, 0.1) is 5.92 Å². The molecule has 0 radical (unpaired) electrons. The average Bonchev–Trinajstić information content (AvgIpc) is 2.61. The van der Waals surface area contributed by atoms with Crippen molar-refractivity contribution in [3.05, 3.63) is 59.9 Å². The summed E-state index contributed by atoms with van der Waals surface area (Å²) < 4.78 is 24.8. The van der Waals surface area contributed by atoms with E-state index in [1.165, 1.54) is 18.6 Å². The van der Waals surface area contributed by atoms with Crippen molar-refractivity contribution < 1.29 is 18.7 Å². The van der Waals surface area contributed by atoms with Crippen LogP contribution in [-0.4, -0.2) is 5.97 Å². The van der Waals surface area contributed by atoms with Crippen molar-refractivity contribution in [3.63, 3.8) is 0 Å². The van der Waals surface area contributed by atoms with Crippen molar-refractivity contribution in [1.29, 1.82) is 0 Å². The summed E-state index contributed by atoms with van der Waals surface area (Å²) in [7, 11) is 0. The highest BCUT2D eigenvalue weighted by molar-refractivity contribution is 5.75. The van der Waals surface area contributed by atoms with E-state index in [-0.39, 0.29) is 17.6 Å². The standard InChI is InChI=1S/C20H21FO3/c21-17-11-18(23-14-15-7-3-1-4-8-15)13-19(12-17)24-20(22)16-9-5-2-6-10-16/h1,3-4,7-8,11-13,16H,2,5-6,9-10,14H2. The number of halogens is 1. The molecular formula is C20H21FO3. The van der Waals surface area contributed by atoms with Gasteiger partial charge in [-0.05, 0) is 18.4 Å². The third-order valence-corrected chi connectivity index (χ3v) is 4.25. The molecule has 1 fully saturated rings. The molecule has 2 aromatic rings. The summed E-state index contributed by atoms with van der Waals surface area (Å²) in [4.78, 5) is 12.2. The zero-order valence-corrected chi connectivity index (χ0v) is 13.5. The van der Waals surface area contributed by atoms with E-state index < -0.39 is 5.82 Å². The van der Waals surface area contributed by atoms with Crippen LogP contribution < -0.4 is 9.47 Å². The van der Waals surface area contributed by atoms with Gasteiger partial charge in [0.15, 0.2) is 0 Å². The van der Waals surface area contributed by atoms with E-state index in [0.717, 1.165) is 31.2 Å². The molecular weight excluding hydrogens is 307 g/mol. The summed E-state index contributed by atoms with van der Waals surface area (Å²) >= 11 is 0. The van der Waals surface area contributed by atoms with Crippen molar-refractivity contribution in [2.24, 2.45) is 5.92 Å². The molecule has 0 aliphatic heterocycles. The van der Waals surface area contributed by atoms with Crippen molar-refractivity contribution in [1.82, 2.24) is 0 Å². The van der Waals surface area contributed by atoms with Crippen LogP contribution in [0.2, 0.25) is 0 Å². The molecule has 0 spiro atoms. The van der Waals surface area contributed by atoms with E-state index in [2.05, 4.69) is 0 Å². The lowest BCUT2D eigenvalue weighted by atomic mass is 9.89. The SMILES string of the molecule is O=C(Oc1cc(F)cc(OCc2ccccc2)c1)C1CCCCC1. The normalized spacial score (nSPS) is 15.0. The maximum Gasteiger partial charge on any atom is 0.314 e. The minimum absolute atomic E-state index is 0.0734. The smallest absolute Gasteiger partial charge is 0.314 e. The van der Waals surface area contributed by atoms with Crippen molar-refractivity contribution >= 4 is 5.97 Å². The number of hydrogen-bond acceptors (Lipinski definition) is 3. The molecule has 1 aliphatic carbocycles. The van der Waals surface area contributed by atoms with E-state index in [4.69, 9.17) is 9.47 Å². The Hall–Kier alpha value is -2.36. The van der Waals surface area contributed by atoms with Gasteiger partial charge in [-0.25, -0.2) is 4.39 Å². The minimum atomic E-state index is -0.480. The molecule has 126 valence electrons. The van der Waals surface area contributed by atoms with Crippen LogP contribution >= 0.6 is 0 Å². The average molecular weight is 328 g/mol. The van der Waals surface area contributed by atoms with Crippen LogP contribution in [0.3, 0.4) is 0 Å². The third kappa shape index (κ3) is 4.57. The zero-order chi connectivity index (χ0) is 16.8. The predicted molar refractivity (Wildman–Crippen MR) is 89.4 cm³/mol. The number of esters is 1. The van der Waals surface area contributed by atoms with Gasteiger partial charge >= 0.3 is 5.97 Å². The quantitative estimate of drug-likeness (QED) is 0.579. The van der Waals surface area contributed by atoms with Gasteiger partial charge in [0, 0.05) is 18.2 Å². The van der Waals surface area contributed by atoms with Crippen LogP contribution in [0.4, 0.5) is 4.39 Å². The lowest BCUT2D eigenvalue weighted by Crippen LogP contribution is -2.22. The summed E-state index contributed by atoms with van der Waals surface area (Å²) in [5.41, 5.74) is 0.988. The van der Waals surface area contributed by atoms with Gasteiger partial charge in [-0.15, -0.1) is 0 Å². The Labute approximate surface area is 141 Å². The fourth-order valence-corrected chi connectivity index (χ4v) is 2.96. The maximum atomic E-state index is 13.8. The summed E-state index contributed by atoms with van der Waals surface area (Å²) in [5, 5.41) is 0. The molecule has 2 aromatic carbocycles. The second-order valence-electron chi connectivity index (χ2n) is 6.15. The van der Waals surface area contributed by atoms with E-state index in [0.29, 0.717) is 12.4 Å². The van der Waals surface area contributed by atoms with Crippen LogP contribution in [0, 0.1) is 11.7 Å². The maximum absolute atomic E-state index is 13.8. The van der Waals surface area contributed by atoms with Crippen molar-refractivity contribution in [2.75, 3.05) is 0 Å². The van der Waals surface area contributed by atoms with Crippen LogP contribution in [0.1, 0.15) is 37.7 Å². The van der Waals surface area contributed by atoms with Gasteiger partial charge in [0.25, 0.3) is 0 Å².